The highest BCUT2D eigenvalue weighted by Crippen LogP contribution is 2.30. The van der Waals surface area contributed by atoms with Gasteiger partial charge < -0.3 is 21.1 Å². The molecule has 2 rings (SSSR count). The van der Waals surface area contributed by atoms with Gasteiger partial charge in [-0.3, -0.25) is 4.79 Å². The smallest absolute Gasteiger partial charge is 0.253 e. The highest BCUT2D eigenvalue weighted by atomic mass is 16.5. The van der Waals surface area contributed by atoms with Gasteiger partial charge in [0.25, 0.3) is 5.91 Å². The predicted octanol–water partition coefficient (Wildman–Crippen LogP) is 1.86. The number of amides is 1. The fourth-order valence-corrected chi connectivity index (χ4v) is 2.39. The Morgan fingerprint density at radius 1 is 1.40 bits per heavy atom. The first-order valence-corrected chi connectivity index (χ1v) is 6.97. The second-order valence-electron chi connectivity index (χ2n) is 5.66. The first-order valence-electron chi connectivity index (χ1n) is 6.97. The molecular weight excluding hydrogens is 254 g/mol. The van der Waals surface area contributed by atoms with Gasteiger partial charge in [-0.25, -0.2) is 0 Å². The molecule has 110 valence electrons. The molecule has 1 saturated heterocycles. The molecule has 0 atom stereocenters. The van der Waals surface area contributed by atoms with Crippen molar-refractivity contribution in [2.45, 2.75) is 19.8 Å². The molecule has 1 aliphatic rings. The van der Waals surface area contributed by atoms with Gasteiger partial charge in [-0.15, -0.1) is 0 Å². The van der Waals surface area contributed by atoms with Crippen LogP contribution < -0.4 is 16.4 Å². The van der Waals surface area contributed by atoms with Gasteiger partial charge in [0.05, 0.1) is 5.56 Å². The second-order valence-corrected chi connectivity index (χ2v) is 5.66. The molecule has 1 fully saturated rings. The van der Waals surface area contributed by atoms with Crippen LogP contribution in [0, 0.1) is 5.41 Å². The van der Waals surface area contributed by atoms with Crippen molar-refractivity contribution < 1.29 is 9.53 Å². The number of carbonyl (C=O) groups excluding carboxylic acids is 1. The summed E-state index contributed by atoms with van der Waals surface area (Å²) < 4.78 is 5.40. The van der Waals surface area contributed by atoms with Crippen LogP contribution in [0.4, 0.5) is 11.4 Å². The van der Waals surface area contributed by atoms with Gasteiger partial charge in [-0.05, 0) is 36.5 Å². The van der Waals surface area contributed by atoms with Gasteiger partial charge in [0.15, 0.2) is 0 Å². The number of hydrogen-bond acceptors (Lipinski definition) is 4. The van der Waals surface area contributed by atoms with Gasteiger partial charge in [0, 0.05) is 38.2 Å². The lowest BCUT2D eigenvalue weighted by Crippen LogP contribution is -2.33. The Morgan fingerprint density at radius 3 is 2.75 bits per heavy atom. The van der Waals surface area contributed by atoms with E-state index in [1.807, 2.05) is 6.07 Å². The molecule has 1 aromatic carbocycles. The molecular formula is C15H23N3O2. The second kappa shape index (κ2) is 6.13. The van der Waals surface area contributed by atoms with E-state index in [-0.39, 0.29) is 11.3 Å². The van der Waals surface area contributed by atoms with Gasteiger partial charge in [-0.1, -0.05) is 6.92 Å². The number of ether oxygens (including phenoxy) is 1. The maximum atomic E-state index is 11.9. The normalized spacial score (nSPS) is 17.5. The Bertz CT molecular complexity index is 482. The number of nitrogens with one attached hydrogen (secondary N) is 2. The summed E-state index contributed by atoms with van der Waals surface area (Å²) in [6, 6.07) is 5.31. The standard InChI is InChI=1S/C15H23N3O2/c1-15(5-7-20-8-6-15)10-18-13-9-11(16)3-4-12(13)14(19)17-2/h3-4,9,18H,5-8,10,16H2,1-2H3,(H,17,19). The maximum Gasteiger partial charge on any atom is 0.253 e. The Morgan fingerprint density at radius 2 is 2.10 bits per heavy atom. The predicted molar refractivity (Wildman–Crippen MR) is 80.9 cm³/mol. The van der Waals surface area contributed by atoms with Gasteiger partial charge >= 0.3 is 0 Å². The van der Waals surface area contributed by atoms with Crippen LogP contribution in [0.3, 0.4) is 0 Å². The molecule has 1 aromatic rings. The first kappa shape index (κ1) is 14.7. The zero-order valence-electron chi connectivity index (χ0n) is 12.2. The zero-order chi connectivity index (χ0) is 14.6. The van der Waals surface area contributed by atoms with Crippen molar-refractivity contribution in [1.82, 2.24) is 5.32 Å². The van der Waals surface area contributed by atoms with Crippen molar-refractivity contribution in [2.75, 3.05) is 37.9 Å². The van der Waals surface area contributed by atoms with Crippen LogP contribution in [0.5, 0.6) is 0 Å². The number of nitrogens with two attached hydrogens (primary N) is 1. The summed E-state index contributed by atoms with van der Waals surface area (Å²) in [7, 11) is 1.63. The minimum atomic E-state index is -0.107. The summed E-state index contributed by atoms with van der Waals surface area (Å²) in [6.07, 6.45) is 2.05. The lowest BCUT2D eigenvalue weighted by molar-refractivity contribution is 0.0300. The van der Waals surface area contributed by atoms with Gasteiger partial charge in [0.1, 0.15) is 0 Å². The molecule has 0 radical (unpaired) electrons. The molecule has 1 heterocycles. The number of rotatable bonds is 4. The summed E-state index contributed by atoms with van der Waals surface area (Å²) in [5.41, 5.74) is 8.08. The summed E-state index contributed by atoms with van der Waals surface area (Å²) in [4.78, 5) is 11.9. The van der Waals surface area contributed by atoms with Crippen LogP contribution >= 0.6 is 0 Å². The van der Waals surface area contributed by atoms with Crippen LogP contribution in [-0.2, 0) is 4.74 Å². The average molecular weight is 277 g/mol. The molecule has 4 N–H and O–H groups in total. The van der Waals surface area contributed by atoms with E-state index >= 15 is 0 Å². The molecule has 0 aromatic heterocycles. The molecule has 0 aliphatic carbocycles. The molecule has 0 unspecified atom stereocenters. The fraction of sp³-hybridized carbons (Fsp3) is 0.533. The van der Waals surface area contributed by atoms with E-state index in [0.29, 0.717) is 11.3 Å². The fourth-order valence-electron chi connectivity index (χ4n) is 2.39. The largest absolute Gasteiger partial charge is 0.399 e. The molecule has 0 saturated carbocycles. The summed E-state index contributed by atoms with van der Waals surface area (Å²) in [6.45, 7) is 4.66. The van der Waals surface area contributed by atoms with E-state index in [4.69, 9.17) is 10.5 Å². The maximum absolute atomic E-state index is 11.9. The summed E-state index contributed by atoms with van der Waals surface area (Å²) in [5, 5.41) is 6.03. The SMILES string of the molecule is CNC(=O)c1ccc(N)cc1NCC1(C)CCOCC1. The number of nitrogen functional groups attached to an aromatic ring is 1. The highest BCUT2D eigenvalue weighted by molar-refractivity contribution is 6.00. The molecule has 0 spiro atoms. The van der Waals surface area contributed by atoms with E-state index in [0.717, 1.165) is 38.3 Å². The number of hydrogen-bond donors (Lipinski definition) is 3. The minimum Gasteiger partial charge on any atom is -0.399 e. The Kier molecular flexibility index (Phi) is 4.49. The molecule has 1 aliphatic heterocycles. The minimum absolute atomic E-state index is 0.107. The van der Waals surface area contributed by atoms with E-state index in [1.165, 1.54) is 0 Å². The topological polar surface area (TPSA) is 76.4 Å². The Balaban J connectivity index is 2.11. The Labute approximate surface area is 119 Å². The van der Waals surface area contributed by atoms with Crippen molar-refractivity contribution in [1.29, 1.82) is 0 Å². The van der Waals surface area contributed by atoms with E-state index in [9.17, 15) is 4.79 Å². The zero-order valence-corrected chi connectivity index (χ0v) is 12.2. The molecule has 0 bridgehead atoms. The third kappa shape index (κ3) is 3.42. The first-order chi connectivity index (χ1) is 9.54. The van der Waals surface area contributed by atoms with Crippen molar-refractivity contribution >= 4 is 17.3 Å². The van der Waals surface area contributed by atoms with Gasteiger partial charge in [0.2, 0.25) is 0 Å². The van der Waals surface area contributed by atoms with Crippen LogP contribution in [0.25, 0.3) is 0 Å². The number of benzene rings is 1. The van der Waals surface area contributed by atoms with Crippen LogP contribution in [0.2, 0.25) is 0 Å². The Hall–Kier alpha value is -1.75. The number of anilines is 2. The average Bonchev–Trinajstić information content (AvgIpc) is 2.45. The molecule has 5 nitrogen and oxygen atoms in total. The van der Waals surface area contributed by atoms with Gasteiger partial charge in [-0.2, -0.15) is 0 Å². The van der Waals surface area contributed by atoms with Crippen molar-refractivity contribution in [2.24, 2.45) is 5.41 Å². The van der Waals surface area contributed by atoms with E-state index < -0.39 is 0 Å². The van der Waals surface area contributed by atoms with Crippen LogP contribution in [0.15, 0.2) is 18.2 Å². The highest BCUT2D eigenvalue weighted by Gasteiger charge is 2.27. The molecule has 5 heteroatoms. The lowest BCUT2D eigenvalue weighted by Gasteiger charge is -2.34. The van der Waals surface area contributed by atoms with Crippen molar-refractivity contribution in [3.05, 3.63) is 23.8 Å². The lowest BCUT2D eigenvalue weighted by atomic mass is 9.82. The van der Waals surface area contributed by atoms with E-state index in [1.54, 1.807) is 19.2 Å². The van der Waals surface area contributed by atoms with Crippen LogP contribution in [-0.4, -0.2) is 32.7 Å². The van der Waals surface area contributed by atoms with E-state index in [2.05, 4.69) is 17.6 Å². The van der Waals surface area contributed by atoms with Crippen LogP contribution in [0.1, 0.15) is 30.1 Å². The monoisotopic (exact) mass is 277 g/mol. The third-order valence-electron chi connectivity index (χ3n) is 3.92. The molecule has 1 amide bonds. The van der Waals surface area contributed by atoms with Crippen molar-refractivity contribution in [3.8, 4) is 0 Å². The third-order valence-corrected chi connectivity index (χ3v) is 3.92. The summed E-state index contributed by atoms with van der Waals surface area (Å²) >= 11 is 0. The molecule has 20 heavy (non-hydrogen) atoms. The summed E-state index contributed by atoms with van der Waals surface area (Å²) in [5.74, 6) is -0.107. The number of carbonyl (C=O) groups is 1. The quantitative estimate of drug-likeness (QED) is 0.734. The van der Waals surface area contributed by atoms with Crippen molar-refractivity contribution in [3.63, 3.8) is 0 Å².